The number of rotatable bonds is 4. The average Bonchev–Trinajstić information content (AvgIpc) is 2.50. The number of carbonyl (C=O) groups is 1. The van der Waals surface area contributed by atoms with Crippen LogP contribution in [0.25, 0.3) is 0 Å². The zero-order valence-electron chi connectivity index (χ0n) is 12.3. The number of aromatic nitrogens is 1. The van der Waals surface area contributed by atoms with Gasteiger partial charge in [-0.15, -0.1) is 0 Å². The van der Waals surface area contributed by atoms with Gasteiger partial charge in [0.1, 0.15) is 0 Å². The molecular formula is C15H20F2N2O2. The molecule has 116 valence electrons. The molecule has 1 N–H and O–H groups in total. The lowest BCUT2D eigenvalue weighted by Crippen LogP contribution is -2.48. The van der Waals surface area contributed by atoms with Gasteiger partial charge in [0, 0.05) is 18.8 Å². The standard InChI is InChI=1S/C15H20F2N2O2/c1-3-15(4-2)9-10(6-8-21-15)19-14(20)11-5-7-18-13(17)12(11)16/h5,7,10H,3-4,6,8-9H2,1-2H3,(H,19,20). The predicted molar refractivity (Wildman–Crippen MR) is 73.9 cm³/mol. The van der Waals surface area contributed by atoms with Crippen molar-refractivity contribution in [1.29, 1.82) is 0 Å². The molecule has 1 atom stereocenters. The Labute approximate surface area is 122 Å². The average molecular weight is 298 g/mol. The highest BCUT2D eigenvalue weighted by Gasteiger charge is 2.35. The van der Waals surface area contributed by atoms with Crippen molar-refractivity contribution in [2.75, 3.05) is 6.61 Å². The van der Waals surface area contributed by atoms with Gasteiger partial charge < -0.3 is 10.1 Å². The third-order valence-electron chi connectivity index (χ3n) is 4.21. The number of ether oxygens (including phenoxy) is 1. The molecule has 2 heterocycles. The minimum atomic E-state index is -1.26. The molecule has 0 radical (unpaired) electrons. The first-order valence-electron chi connectivity index (χ1n) is 7.26. The molecule has 0 aromatic carbocycles. The molecule has 0 bridgehead atoms. The van der Waals surface area contributed by atoms with Gasteiger partial charge in [-0.05, 0) is 31.7 Å². The molecule has 4 nitrogen and oxygen atoms in total. The third-order valence-corrected chi connectivity index (χ3v) is 4.21. The fraction of sp³-hybridized carbons (Fsp3) is 0.600. The van der Waals surface area contributed by atoms with E-state index in [1.807, 2.05) is 13.8 Å². The molecular weight excluding hydrogens is 278 g/mol. The van der Waals surface area contributed by atoms with Gasteiger partial charge in [0.15, 0.2) is 5.82 Å². The van der Waals surface area contributed by atoms with Crippen LogP contribution in [0.15, 0.2) is 12.3 Å². The number of amides is 1. The first-order chi connectivity index (χ1) is 10.0. The van der Waals surface area contributed by atoms with Gasteiger partial charge in [0.25, 0.3) is 5.91 Å². The Morgan fingerprint density at radius 3 is 2.86 bits per heavy atom. The third kappa shape index (κ3) is 3.37. The van der Waals surface area contributed by atoms with Gasteiger partial charge in [0.05, 0.1) is 11.2 Å². The Hall–Kier alpha value is -1.56. The molecule has 1 saturated heterocycles. The van der Waals surface area contributed by atoms with Crippen molar-refractivity contribution in [2.45, 2.75) is 51.2 Å². The van der Waals surface area contributed by atoms with E-state index in [1.54, 1.807) is 0 Å². The molecule has 21 heavy (non-hydrogen) atoms. The molecule has 1 unspecified atom stereocenters. The summed E-state index contributed by atoms with van der Waals surface area (Å²) in [5.41, 5.74) is -0.550. The smallest absolute Gasteiger partial charge is 0.254 e. The summed E-state index contributed by atoms with van der Waals surface area (Å²) in [7, 11) is 0. The van der Waals surface area contributed by atoms with Crippen molar-refractivity contribution < 1.29 is 18.3 Å². The lowest BCUT2D eigenvalue weighted by molar-refractivity contribution is -0.0917. The van der Waals surface area contributed by atoms with Crippen LogP contribution in [0.1, 0.15) is 49.9 Å². The van der Waals surface area contributed by atoms with Gasteiger partial charge in [-0.2, -0.15) is 4.39 Å². The second-order valence-corrected chi connectivity index (χ2v) is 5.37. The number of pyridine rings is 1. The predicted octanol–water partition coefficient (Wildman–Crippen LogP) is 2.83. The number of nitrogens with zero attached hydrogens (tertiary/aromatic N) is 1. The number of carbonyl (C=O) groups excluding carboxylic acids is 1. The first kappa shape index (κ1) is 15.8. The van der Waals surface area contributed by atoms with Gasteiger partial charge in [-0.25, -0.2) is 9.37 Å². The van der Waals surface area contributed by atoms with Crippen LogP contribution < -0.4 is 5.32 Å². The van der Waals surface area contributed by atoms with Crippen LogP contribution in [0.3, 0.4) is 0 Å². The molecule has 6 heteroatoms. The van der Waals surface area contributed by atoms with Crippen LogP contribution in [0.2, 0.25) is 0 Å². The summed E-state index contributed by atoms with van der Waals surface area (Å²) in [4.78, 5) is 15.3. The molecule has 1 amide bonds. The minimum Gasteiger partial charge on any atom is -0.375 e. The molecule has 1 aliphatic heterocycles. The van der Waals surface area contributed by atoms with E-state index in [9.17, 15) is 13.6 Å². The SMILES string of the molecule is CCC1(CC)CC(NC(=O)c2ccnc(F)c2F)CCO1. The van der Waals surface area contributed by atoms with Crippen molar-refractivity contribution >= 4 is 5.91 Å². The van der Waals surface area contributed by atoms with E-state index in [2.05, 4.69) is 10.3 Å². The minimum absolute atomic E-state index is 0.0956. The Bertz CT molecular complexity index is 518. The normalized spacial score (nSPS) is 21.0. The topological polar surface area (TPSA) is 51.2 Å². The van der Waals surface area contributed by atoms with E-state index in [1.165, 1.54) is 6.07 Å². The van der Waals surface area contributed by atoms with Crippen LogP contribution in [0.5, 0.6) is 0 Å². The van der Waals surface area contributed by atoms with Gasteiger partial charge in [-0.1, -0.05) is 13.8 Å². The van der Waals surface area contributed by atoms with Crippen molar-refractivity contribution in [2.24, 2.45) is 0 Å². The van der Waals surface area contributed by atoms with Crippen LogP contribution in [0.4, 0.5) is 8.78 Å². The highest BCUT2D eigenvalue weighted by Crippen LogP contribution is 2.31. The summed E-state index contributed by atoms with van der Waals surface area (Å²) >= 11 is 0. The lowest BCUT2D eigenvalue weighted by atomic mass is 9.86. The van der Waals surface area contributed by atoms with Crippen molar-refractivity contribution in [3.05, 3.63) is 29.6 Å². The van der Waals surface area contributed by atoms with E-state index in [4.69, 9.17) is 4.74 Å². The summed E-state index contributed by atoms with van der Waals surface area (Å²) < 4.78 is 32.5. The Morgan fingerprint density at radius 1 is 1.48 bits per heavy atom. The Morgan fingerprint density at radius 2 is 2.19 bits per heavy atom. The van der Waals surface area contributed by atoms with E-state index < -0.39 is 17.7 Å². The zero-order valence-corrected chi connectivity index (χ0v) is 12.3. The summed E-state index contributed by atoms with van der Waals surface area (Å²) in [5.74, 6) is -3.08. The number of halogens is 2. The Balaban J connectivity index is 2.07. The second kappa shape index (κ2) is 6.47. The van der Waals surface area contributed by atoms with Crippen LogP contribution >= 0.6 is 0 Å². The monoisotopic (exact) mass is 298 g/mol. The molecule has 0 aliphatic carbocycles. The van der Waals surface area contributed by atoms with Crippen molar-refractivity contribution in [3.8, 4) is 0 Å². The quantitative estimate of drug-likeness (QED) is 0.870. The maximum Gasteiger partial charge on any atom is 0.254 e. The summed E-state index contributed by atoms with van der Waals surface area (Å²) in [6.45, 7) is 4.65. The van der Waals surface area contributed by atoms with Gasteiger partial charge >= 0.3 is 0 Å². The zero-order chi connectivity index (χ0) is 15.5. The van der Waals surface area contributed by atoms with E-state index in [0.717, 1.165) is 19.0 Å². The fourth-order valence-corrected chi connectivity index (χ4v) is 2.75. The van der Waals surface area contributed by atoms with Gasteiger partial charge in [0.2, 0.25) is 5.95 Å². The maximum absolute atomic E-state index is 13.6. The highest BCUT2D eigenvalue weighted by molar-refractivity contribution is 5.94. The van der Waals surface area contributed by atoms with Crippen LogP contribution in [0, 0.1) is 11.8 Å². The molecule has 1 aromatic rings. The lowest BCUT2D eigenvalue weighted by Gasteiger charge is -2.40. The van der Waals surface area contributed by atoms with Crippen LogP contribution in [-0.2, 0) is 4.74 Å². The van der Waals surface area contributed by atoms with Crippen molar-refractivity contribution in [3.63, 3.8) is 0 Å². The first-order valence-corrected chi connectivity index (χ1v) is 7.26. The Kier molecular flexibility index (Phi) is 4.88. The number of hydrogen-bond donors (Lipinski definition) is 1. The summed E-state index contributed by atoms with van der Waals surface area (Å²) in [6, 6.07) is 1.08. The van der Waals surface area contributed by atoms with Crippen LogP contribution in [-0.4, -0.2) is 29.1 Å². The van der Waals surface area contributed by atoms with Gasteiger partial charge in [-0.3, -0.25) is 4.79 Å². The summed E-state index contributed by atoms with van der Waals surface area (Å²) in [6.07, 6.45) is 4.14. The number of nitrogens with one attached hydrogen (secondary N) is 1. The number of hydrogen-bond acceptors (Lipinski definition) is 3. The highest BCUT2D eigenvalue weighted by atomic mass is 19.2. The molecule has 0 spiro atoms. The van der Waals surface area contributed by atoms with E-state index in [0.29, 0.717) is 19.4 Å². The van der Waals surface area contributed by atoms with Crippen molar-refractivity contribution in [1.82, 2.24) is 10.3 Å². The largest absolute Gasteiger partial charge is 0.375 e. The molecule has 1 fully saturated rings. The molecule has 1 aliphatic rings. The second-order valence-electron chi connectivity index (χ2n) is 5.37. The molecule has 0 saturated carbocycles. The van der Waals surface area contributed by atoms with E-state index >= 15 is 0 Å². The molecule has 1 aromatic heterocycles. The molecule has 2 rings (SSSR count). The fourth-order valence-electron chi connectivity index (χ4n) is 2.75. The maximum atomic E-state index is 13.6. The summed E-state index contributed by atoms with van der Waals surface area (Å²) in [5, 5.41) is 2.77. The van der Waals surface area contributed by atoms with E-state index in [-0.39, 0.29) is 17.2 Å².